The number of thiophene rings is 1. The third-order valence-electron chi connectivity index (χ3n) is 5.26. The molecular formula is C19H27N5OS. The van der Waals surface area contributed by atoms with Crippen molar-refractivity contribution >= 4 is 17.2 Å². The molecule has 0 spiro atoms. The van der Waals surface area contributed by atoms with Crippen LogP contribution in [0.4, 0.5) is 0 Å². The van der Waals surface area contributed by atoms with Crippen LogP contribution in [0.25, 0.3) is 0 Å². The molecule has 0 bridgehead atoms. The average Bonchev–Trinajstić information content (AvgIpc) is 3.23. The Morgan fingerprint density at radius 3 is 2.50 bits per heavy atom. The van der Waals surface area contributed by atoms with Crippen LogP contribution < -0.4 is 0 Å². The molecule has 7 heteroatoms. The van der Waals surface area contributed by atoms with Crippen molar-refractivity contribution in [3.63, 3.8) is 0 Å². The molecule has 0 aromatic carbocycles. The summed E-state index contributed by atoms with van der Waals surface area (Å²) in [5.41, 5.74) is 0. The predicted octanol–water partition coefficient (Wildman–Crippen LogP) is 3.06. The SMILES string of the molecule is Cc1ccc(C(=O)N2CCC(c3nnc(CN(C)C)n3C3CC3)CC2)s1. The summed E-state index contributed by atoms with van der Waals surface area (Å²) in [6.07, 6.45) is 4.42. The molecule has 2 aromatic heterocycles. The van der Waals surface area contributed by atoms with Gasteiger partial charge in [-0.25, -0.2) is 0 Å². The van der Waals surface area contributed by atoms with Crippen molar-refractivity contribution in [3.8, 4) is 0 Å². The Kier molecular flexibility index (Phi) is 4.84. The number of nitrogens with zero attached hydrogens (tertiary/aromatic N) is 5. The number of aromatic nitrogens is 3. The number of hydrogen-bond donors (Lipinski definition) is 0. The highest BCUT2D eigenvalue weighted by Gasteiger charge is 2.34. The highest BCUT2D eigenvalue weighted by atomic mass is 32.1. The van der Waals surface area contributed by atoms with Gasteiger partial charge in [-0.1, -0.05) is 0 Å². The zero-order valence-corrected chi connectivity index (χ0v) is 16.6. The number of rotatable bonds is 5. The van der Waals surface area contributed by atoms with Crippen LogP contribution in [0.5, 0.6) is 0 Å². The van der Waals surface area contributed by atoms with Crippen molar-refractivity contribution < 1.29 is 4.79 Å². The molecule has 2 aliphatic rings. The largest absolute Gasteiger partial charge is 0.338 e. The van der Waals surface area contributed by atoms with Gasteiger partial charge >= 0.3 is 0 Å². The number of amides is 1. The standard InChI is InChI=1S/C19H27N5OS/c1-13-4-7-16(26-13)19(25)23-10-8-14(9-11-23)18-21-20-17(12-22(2)3)24(18)15-5-6-15/h4,7,14-15H,5-6,8-12H2,1-3H3. The average molecular weight is 374 g/mol. The Morgan fingerprint density at radius 2 is 1.92 bits per heavy atom. The fourth-order valence-electron chi connectivity index (χ4n) is 3.78. The molecule has 26 heavy (non-hydrogen) atoms. The summed E-state index contributed by atoms with van der Waals surface area (Å²) in [5, 5.41) is 9.06. The molecule has 140 valence electrons. The number of piperidine rings is 1. The van der Waals surface area contributed by atoms with E-state index in [0.29, 0.717) is 12.0 Å². The van der Waals surface area contributed by atoms with Crippen LogP contribution in [-0.2, 0) is 6.54 Å². The maximum atomic E-state index is 12.7. The molecule has 1 saturated heterocycles. The molecule has 1 amide bonds. The van der Waals surface area contributed by atoms with Gasteiger partial charge in [0.05, 0.1) is 11.4 Å². The van der Waals surface area contributed by atoms with Crippen molar-refractivity contribution in [3.05, 3.63) is 33.5 Å². The predicted molar refractivity (Wildman–Crippen MR) is 103 cm³/mol. The number of hydrogen-bond acceptors (Lipinski definition) is 5. The van der Waals surface area contributed by atoms with Crippen molar-refractivity contribution in [2.45, 2.75) is 51.1 Å². The van der Waals surface area contributed by atoms with Crippen molar-refractivity contribution in [2.24, 2.45) is 0 Å². The fraction of sp³-hybridized carbons (Fsp3) is 0.632. The number of carbonyl (C=O) groups excluding carboxylic acids is 1. The van der Waals surface area contributed by atoms with Crippen LogP contribution in [0.3, 0.4) is 0 Å². The van der Waals surface area contributed by atoms with Crippen molar-refractivity contribution in [1.29, 1.82) is 0 Å². The van der Waals surface area contributed by atoms with Gasteiger partial charge in [-0.3, -0.25) is 4.79 Å². The summed E-state index contributed by atoms with van der Waals surface area (Å²) in [6, 6.07) is 4.56. The summed E-state index contributed by atoms with van der Waals surface area (Å²) < 4.78 is 2.39. The van der Waals surface area contributed by atoms with Crippen molar-refractivity contribution in [1.82, 2.24) is 24.6 Å². The van der Waals surface area contributed by atoms with Crippen LogP contribution in [0, 0.1) is 6.92 Å². The molecular weight excluding hydrogens is 346 g/mol. The van der Waals surface area contributed by atoms with Crippen molar-refractivity contribution in [2.75, 3.05) is 27.2 Å². The third kappa shape index (κ3) is 3.55. The van der Waals surface area contributed by atoms with E-state index in [2.05, 4.69) is 33.8 Å². The van der Waals surface area contributed by atoms with E-state index >= 15 is 0 Å². The molecule has 4 rings (SSSR count). The molecule has 0 unspecified atom stereocenters. The second kappa shape index (κ2) is 7.12. The zero-order chi connectivity index (χ0) is 18.3. The van der Waals surface area contributed by atoms with Gasteiger partial charge in [-0.05, 0) is 58.8 Å². The lowest BCUT2D eigenvalue weighted by Crippen LogP contribution is -2.38. The number of aryl methyl sites for hydroxylation is 1. The normalized spacial score (nSPS) is 18.7. The summed E-state index contributed by atoms with van der Waals surface area (Å²) in [5.74, 6) is 2.81. The van der Waals surface area contributed by atoms with E-state index in [0.717, 1.165) is 49.0 Å². The van der Waals surface area contributed by atoms with E-state index in [1.807, 2.05) is 24.0 Å². The van der Waals surface area contributed by atoms with Gasteiger partial charge in [-0.15, -0.1) is 21.5 Å². The highest BCUT2D eigenvalue weighted by Crippen LogP contribution is 2.40. The van der Waals surface area contributed by atoms with E-state index in [9.17, 15) is 4.79 Å². The first kappa shape index (κ1) is 17.7. The molecule has 3 heterocycles. The quantitative estimate of drug-likeness (QED) is 0.808. The summed E-state index contributed by atoms with van der Waals surface area (Å²) in [7, 11) is 4.14. The molecule has 2 fully saturated rings. The lowest BCUT2D eigenvalue weighted by Gasteiger charge is -2.31. The Bertz CT molecular complexity index is 784. The maximum Gasteiger partial charge on any atom is 0.263 e. The van der Waals surface area contributed by atoms with Gasteiger partial charge in [0.15, 0.2) is 0 Å². The number of carbonyl (C=O) groups is 1. The van der Waals surface area contributed by atoms with Gasteiger partial charge in [0.25, 0.3) is 5.91 Å². The fourth-order valence-corrected chi connectivity index (χ4v) is 4.62. The maximum absolute atomic E-state index is 12.7. The Morgan fingerprint density at radius 1 is 1.19 bits per heavy atom. The van der Waals surface area contributed by atoms with Crippen LogP contribution in [0.1, 0.15) is 63.8 Å². The minimum Gasteiger partial charge on any atom is -0.338 e. The molecule has 2 aromatic rings. The zero-order valence-electron chi connectivity index (χ0n) is 15.8. The second-order valence-corrected chi connectivity index (χ2v) is 9.08. The summed E-state index contributed by atoms with van der Waals surface area (Å²) in [4.78, 5) is 18.9. The third-order valence-corrected chi connectivity index (χ3v) is 6.25. The number of likely N-dealkylation sites (tertiary alicyclic amines) is 1. The van der Waals surface area contributed by atoms with E-state index in [4.69, 9.17) is 0 Å². The molecule has 0 N–H and O–H groups in total. The Balaban J connectivity index is 1.45. The van der Waals surface area contributed by atoms with Crippen LogP contribution in [0.15, 0.2) is 12.1 Å². The second-order valence-electron chi connectivity index (χ2n) is 7.79. The van der Waals surface area contributed by atoms with Crippen LogP contribution in [0.2, 0.25) is 0 Å². The molecule has 0 radical (unpaired) electrons. The lowest BCUT2D eigenvalue weighted by molar-refractivity contribution is 0.0715. The van der Waals surface area contributed by atoms with E-state index < -0.39 is 0 Å². The summed E-state index contributed by atoms with van der Waals surface area (Å²) in [6.45, 7) is 4.49. The van der Waals surface area contributed by atoms with Gasteiger partial charge in [0, 0.05) is 29.9 Å². The van der Waals surface area contributed by atoms with E-state index in [-0.39, 0.29) is 5.91 Å². The Labute approximate surface area is 158 Å². The van der Waals surface area contributed by atoms with Gasteiger partial charge in [0.2, 0.25) is 0 Å². The summed E-state index contributed by atoms with van der Waals surface area (Å²) >= 11 is 1.59. The first-order chi connectivity index (χ1) is 12.5. The van der Waals surface area contributed by atoms with E-state index in [1.54, 1.807) is 11.3 Å². The first-order valence-corrected chi connectivity index (χ1v) is 10.3. The van der Waals surface area contributed by atoms with Gasteiger partial charge in [0.1, 0.15) is 11.6 Å². The topological polar surface area (TPSA) is 54.3 Å². The molecule has 1 aliphatic carbocycles. The van der Waals surface area contributed by atoms with Gasteiger partial charge in [-0.2, -0.15) is 0 Å². The van der Waals surface area contributed by atoms with Crippen LogP contribution >= 0.6 is 11.3 Å². The van der Waals surface area contributed by atoms with E-state index in [1.165, 1.54) is 17.7 Å². The van der Waals surface area contributed by atoms with Crippen LogP contribution in [-0.4, -0.2) is 57.7 Å². The first-order valence-electron chi connectivity index (χ1n) is 9.47. The molecule has 1 aliphatic heterocycles. The Hall–Kier alpha value is -1.73. The molecule has 1 saturated carbocycles. The molecule has 0 atom stereocenters. The smallest absolute Gasteiger partial charge is 0.263 e. The van der Waals surface area contributed by atoms with Gasteiger partial charge < -0.3 is 14.4 Å². The lowest BCUT2D eigenvalue weighted by atomic mass is 9.95. The minimum atomic E-state index is 0.179. The monoisotopic (exact) mass is 373 g/mol. The highest BCUT2D eigenvalue weighted by molar-refractivity contribution is 7.13. The minimum absolute atomic E-state index is 0.179. The molecule has 6 nitrogen and oxygen atoms in total.